The molecular weight excluding hydrogens is 677 g/mol. The van der Waals surface area contributed by atoms with E-state index in [2.05, 4.69) is 0 Å². The summed E-state index contributed by atoms with van der Waals surface area (Å²) in [4.78, 5) is 32.0. The lowest BCUT2D eigenvalue weighted by molar-refractivity contribution is -0.212. The second kappa shape index (κ2) is 16.5. The van der Waals surface area contributed by atoms with Crippen LogP contribution in [0.2, 0.25) is 0 Å². The second-order valence-corrected chi connectivity index (χ2v) is 13.9. The third kappa shape index (κ3) is 7.81. The fraction of sp³-hybridized carbons (Fsp3) is 0.261. The average Bonchev–Trinajstić information content (AvgIpc) is 3.17. The number of ether oxygens (including phenoxy) is 4. The van der Waals surface area contributed by atoms with E-state index in [-0.39, 0.29) is 26.1 Å². The summed E-state index contributed by atoms with van der Waals surface area (Å²) in [5.41, 5.74) is 0.522. The lowest BCUT2D eigenvalue weighted by Crippen LogP contribution is -2.51. The molecule has 0 aliphatic rings. The van der Waals surface area contributed by atoms with E-state index in [0.29, 0.717) is 0 Å². The number of aryl methyl sites for hydroxylation is 2. The Kier molecular flexibility index (Phi) is 11.6. The molecule has 0 aliphatic carbocycles. The molecule has 0 heterocycles. The van der Waals surface area contributed by atoms with E-state index in [0.717, 1.165) is 55.3 Å². The fourth-order valence-electron chi connectivity index (χ4n) is 7.25. The number of hydrogen-bond acceptors (Lipinski definition) is 8. The molecule has 0 saturated carbocycles. The lowest BCUT2D eigenvalue weighted by atomic mass is 9.93. The van der Waals surface area contributed by atoms with Crippen LogP contribution in [0, 0.1) is 13.8 Å². The highest BCUT2D eigenvalue weighted by atomic mass is 16.6. The molecular formula is C46H48N2O6. The summed E-state index contributed by atoms with van der Waals surface area (Å²) < 4.78 is 25.4. The first-order chi connectivity index (χ1) is 26.1. The maximum Gasteiger partial charge on any atom is 0.419 e. The van der Waals surface area contributed by atoms with Gasteiger partial charge in [-0.3, -0.25) is 9.80 Å². The van der Waals surface area contributed by atoms with Crippen molar-refractivity contribution in [2.75, 3.05) is 41.4 Å². The molecule has 2 unspecified atom stereocenters. The SMILES string of the molecule is Cc1ccccc1C(CCOc1cccc2ccccc12)(OC(=O)C(=O)OC(CCOc1cccc2ccccc12)(c1ccccc1C)N(C)C)N(C)C. The van der Waals surface area contributed by atoms with Crippen LogP contribution in [0.1, 0.15) is 35.1 Å². The minimum absolute atomic E-state index is 0.194. The lowest BCUT2D eigenvalue weighted by Gasteiger charge is -2.42. The van der Waals surface area contributed by atoms with Gasteiger partial charge in [0, 0.05) is 34.7 Å². The Morgan fingerprint density at radius 2 is 0.833 bits per heavy atom. The van der Waals surface area contributed by atoms with Crippen LogP contribution in [0.25, 0.3) is 21.5 Å². The van der Waals surface area contributed by atoms with Crippen molar-refractivity contribution in [3.8, 4) is 11.5 Å². The minimum atomic E-state index is -1.37. The molecule has 6 aromatic rings. The largest absolute Gasteiger partial charge is 0.493 e. The van der Waals surface area contributed by atoms with Gasteiger partial charge in [-0.15, -0.1) is 0 Å². The number of fused-ring (bicyclic) bond motifs is 2. The molecule has 0 saturated heterocycles. The summed E-state index contributed by atoms with van der Waals surface area (Å²) in [5.74, 6) is -0.800. The van der Waals surface area contributed by atoms with Crippen molar-refractivity contribution in [2.45, 2.75) is 38.1 Å². The second-order valence-electron chi connectivity index (χ2n) is 13.9. The molecule has 0 aromatic heterocycles. The quantitative estimate of drug-likeness (QED) is 0.0627. The Hall–Kier alpha value is -5.70. The number of esters is 2. The first-order valence-electron chi connectivity index (χ1n) is 18.2. The normalized spacial score (nSPS) is 13.7. The van der Waals surface area contributed by atoms with Crippen LogP contribution in [-0.2, 0) is 30.5 Å². The van der Waals surface area contributed by atoms with E-state index in [4.69, 9.17) is 18.9 Å². The molecule has 0 aliphatic heterocycles. The first-order valence-corrected chi connectivity index (χ1v) is 18.2. The third-order valence-electron chi connectivity index (χ3n) is 10.2. The van der Waals surface area contributed by atoms with Gasteiger partial charge in [-0.25, -0.2) is 9.59 Å². The minimum Gasteiger partial charge on any atom is -0.493 e. The zero-order chi connectivity index (χ0) is 38.3. The molecule has 0 bridgehead atoms. The molecule has 8 nitrogen and oxygen atoms in total. The Morgan fingerprint density at radius 1 is 0.481 bits per heavy atom. The van der Waals surface area contributed by atoms with Crippen molar-refractivity contribution in [3.63, 3.8) is 0 Å². The summed E-state index contributed by atoms with van der Waals surface area (Å²) in [6.45, 7) is 4.30. The molecule has 6 rings (SSSR count). The van der Waals surface area contributed by atoms with Gasteiger partial charge in [0.1, 0.15) is 11.5 Å². The topological polar surface area (TPSA) is 77.5 Å². The van der Waals surface area contributed by atoms with Crippen molar-refractivity contribution < 1.29 is 28.5 Å². The van der Waals surface area contributed by atoms with E-state index in [1.165, 1.54) is 0 Å². The van der Waals surface area contributed by atoms with E-state index in [9.17, 15) is 9.59 Å². The smallest absolute Gasteiger partial charge is 0.419 e. The van der Waals surface area contributed by atoms with Crippen molar-refractivity contribution in [1.82, 2.24) is 9.80 Å². The summed E-state index contributed by atoms with van der Waals surface area (Å²) in [6, 6.07) is 43.2. The van der Waals surface area contributed by atoms with Gasteiger partial charge >= 0.3 is 11.9 Å². The first kappa shape index (κ1) is 38.0. The van der Waals surface area contributed by atoms with Crippen LogP contribution in [0.3, 0.4) is 0 Å². The molecule has 0 N–H and O–H groups in total. The molecule has 0 spiro atoms. The molecule has 0 amide bonds. The summed E-state index contributed by atoms with van der Waals surface area (Å²) in [7, 11) is 7.30. The number of benzene rings is 6. The van der Waals surface area contributed by atoms with Gasteiger partial charge in [-0.2, -0.15) is 0 Å². The van der Waals surface area contributed by atoms with Crippen LogP contribution >= 0.6 is 0 Å². The Bertz CT molecular complexity index is 2080. The fourth-order valence-corrected chi connectivity index (χ4v) is 7.25. The highest BCUT2D eigenvalue weighted by Gasteiger charge is 2.46. The van der Waals surface area contributed by atoms with Gasteiger partial charge in [0.2, 0.25) is 0 Å². The summed E-state index contributed by atoms with van der Waals surface area (Å²) in [5, 5.41) is 4.07. The van der Waals surface area contributed by atoms with Crippen molar-refractivity contribution in [2.24, 2.45) is 0 Å². The predicted octanol–water partition coefficient (Wildman–Crippen LogP) is 8.76. The Morgan fingerprint density at radius 3 is 1.22 bits per heavy atom. The average molecular weight is 725 g/mol. The van der Waals surface area contributed by atoms with Gasteiger partial charge in [0.15, 0.2) is 11.4 Å². The number of hydrogen-bond donors (Lipinski definition) is 0. The zero-order valence-electron chi connectivity index (χ0n) is 31.9. The number of nitrogens with zero attached hydrogens (tertiary/aromatic N) is 2. The van der Waals surface area contributed by atoms with Gasteiger partial charge in [0.05, 0.1) is 13.2 Å². The van der Waals surface area contributed by atoms with Crippen molar-refractivity contribution in [1.29, 1.82) is 0 Å². The molecule has 0 fully saturated rings. The van der Waals surface area contributed by atoms with Crippen LogP contribution in [0.5, 0.6) is 11.5 Å². The summed E-state index contributed by atoms with van der Waals surface area (Å²) >= 11 is 0. The number of rotatable bonds is 14. The van der Waals surface area contributed by atoms with Crippen LogP contribution in [0.4, 0.5) is 0 Å². The van der Waals surface area contributed by atoms with Crippen LogP contribution < -0.4 is 9.47 Å². The Labute approximate surface area is 317 Å². The zero-order valence-corrected chi connectivity index (χ0v) is 31.9. The van der Waals surface area contributed by atoms with Gasteiger partial charge in [-0.1, -0.05) is 121 Å². The maximum atomic E-state index is 14.2. The molecule has 0 radical (unpaired) electrons. The molecule has 2 atom stereocenters. The van der Waals surface area contributed by atoms with E-state index < -0.39 is 23.4 Å². The van der Waals surface area contributed by atoms with Crippen LogP contribution in [0.15, 0.2) is 133 Å². The standard InChI is InChI=1S/C46H48N2O6/c1-33-17-7-13-25-39(33)45(47(3)4,29-31-51-41-27-15-21-35-19-9-11-23-37(35)41)53-43(49)44(50)54-46(48(5)6,40-26-14-8-18-34(40)2)30-32-52-42-28-16-22-36-20-10-12-24-38(36)42/h7-28H,29-32H2,1-6H3. The molecule has 54 heavy (non-hydrogen) atoms. The van der Waals surface area contributed by atoms with E-state index in [1.807, 2.05) is 185 Å². The van der Waals surface area contributed by atoms with Gasteiger partial charge in [0.25, 0.3) is 0 Å². The highest BCUT2D eigenvalue weighted by Crippen LogP contribution is 2.38. The highest BCUT2D eigenvalue weighted by molar-refractivity contribution is 6.30. The number of carbonyl (C=O) groups is 2. The third-order valence-corrected chi connectivity index (χ3v) is 10.2. The molecule has 6 aromatic carbocycles. The van der Waals surface area contributed by atoms with E-state index in [1.54, 1.807) is 0 Å². The van der Waals surface area contributed by atoms with Crippen LogP contribution in [-0.4, -0.2) is 63.1 Å². The van der Waals surface area contributed by atoms with Gasteiger partial charge < -0.3 is 18.9 Å². The Balaban J connectivity index is 1.29. The van der Waals surface area contributed by atoms with Gasteiger partial charge in [-0.05, 0) is 76.1 Å². The maximum absolute atomic E-state index is 14.2. The van der Waals surface area contributed by atoms with Crippen molar-refractivity contribution in [3.05, 3.63) is 156 Å². The molecule has 8 heteroatoms. The predicted molar refractivity (Wildman–Crippen MR) is 213 cm³/mol. The molecule has 278 valence electrons. The van der Waals surface area contributed by atoms with Crippen molar-refractivity contribution >= 4 is 33.5 Å². The summed E-state index contributed by atoms with van der Waals surface area (Å²) in [6.07, 6.45) is 0.450. The number of carbonyl (C=O) groups excluding carboxylic acids is 2. The monoisotopic (exact) mass is 724 g/mol. The van der Waals surface area contributed by atoms with E-state index >= 15 is 0 Å².